The molecule has 1 heterocycles. The van der Waals surface area contributed by atoms with E-state index in [1.54, 1.807) is 12.2 Å². The lowest BCUT2D eigenvalue weighted by atomic mass is 10.0. The molecular formula is C16H19NO5S. The van der Waals surface area contributed by atoms with Crippen LogP contribution in [0.25, 0.3) is 0 Å². The molecule has 0 bridgehead atoms. The number of carbonyl (C=O) groups excluding carboxylic acids is 3. The molecule has 0 amide bonds. The molecule has 0 spiro atoms. The Morgan fingerprint density at radius 2 is 2.39 bits per heavy atom. The van der Waals surface area contributed by atoms with Crippen LogP contribution in [0, 0.1) is 0 Å². The Morgan fingerprint density at radius 1 is 1.57 bits per heavy atom. The molecule has 1 unspecified atom stereocenters. The fourth-order valence-electron chi connectivity index (χ4n) is 2.25. The Bertz CT molecular complexity index is 577. The molecule has 23 heavy (non-hydrogen) atoms. The van der Waals surface area contributed by atoms with Gasteiger partial charge >= 0.3 is 5.97 Å². The molecule has 7 heteroatoms. The number of cyclic esters (lactones) is 1. The van der Waals surface area contributed by atoms with Crippen molar-refractivity contribution in [2.45, 2.75) is 38.6 Å². The van der Waals surface area contributed by atoms with Crippen molar-refractivity contribution in [1.29, 1.82) is 0 Å². The van der Waals surface area contributed by atoms with Crippen LogP contribution in [0.2, 0.25) is 0 Å². The normalized spacial score (nSPS) is 23.4. The van der Waals surface area contributed by atoms with Gasteiger partial charge in [-0.05, 0) is 23.8 Å². The quantitative estimate of drug-likeness (QED) is 0.557. The van der Waals surface area contributed by atoms with Gasteiger partial charge in [0.15, 0.2) is 5.12 Å². The minimum Gasteiger partial charge on any atom is -0.420 e. The third kappa shape index (κ3) is 5.48. The molecule has 1 aliphatic carbocycles. The second-order valence-electron chi connectivity index (χ2n) is 5.13. The molecule has 1 N–H and O–H groups in total. The summed E-state index contributed by atoms with van der Waals surface area (Å²) < 4.78 is 10.6. The number of carbonyl (C=O) groups is 2. The van der Waals surface area contributed by atoms with Gasteiger partial charge in [-0.3, -0.25) is 9.59 Å². The van der Waals surface area contributed by atoms with Gasteiger partial charge in [0.25, 0.3) is 6.41 Å². The van der Waals surface area contributed by atoms with Crippen molar-refractivity contribution in [3.63, 3.8) is 0 Å². The minimum absolute atomic E-state index is 0.0683. The van der Waals surface area contributed by atoms with Crippen LogP contribution in [0.3, 0.4) is 0 Å². The van der Waals surface area contributed by atoms with Crippen molar-refractivity contribution in [3.8, 4) is 0 Å². The molecular weight excluding hydrogens is 318 g/mol. The lowest BCUT2D eigenvalue weighted by molar-refractivity contribution is -0.163. The summed E-state index contributed by atoms with van der Waals surface area (Å²) in [7, 11) is 0. The Balaban J connectivity index is 1.75. The highest BCUT2D eigenvalue weighted by molar-refractivity contribution is 8.13. The monoisotopic (exact) mass is 337 g/mol. The van der Waals surface area contributed by atoms with Crippen LogP contribution in [0.1, 0.15) is 26.2 Å². The molecule has 2 atom stereocenters. The van der Waals surface area contributed by atoms with E-state index in [1.807, 2.05) is 18.9 Å². The third-order valence-electron chi connectivity index (χ3n) is 3.39. The fraction of sp³-hybridized carbons (Fsp3) is 0.500. The maximum Gasteiger partial charge on any atom is 0.326 e. The van der Waals surface area contributed by atoms with E-state index in [4.69, 9.17) is 9.47 Å². The van der Waals surface area contributed by atoms with E-state index in [0.29, 0.717) is 24.8 Å². The first-order valence-corrected chi connectivity index (χ1v) is 8.44. The van der Waals surface area contributed by atoms with Crippen LogP contribution >= 0.6 is 11.8 Å². The van der Waals surface area contributed by atoms with Crippen molar-refractivity contribution in [3.05, 3.63) is 29.4 Å². The van der Waals surface area contributed by atoms with Crippen molar-refractivity contribution in [2.24, 2.45) is 0 Å². The van der Waals surface area contributed by atoms with Crippen LogP contribution in [0.5, 0.6) is 0 Å². The minimum atomic E-state index is -0.822. The van der Waals surface area contributed by atoms with Crippen LogP contribution in [-0.2, 0) is 23.9 Å². The van der Waals surface area contributed by atoms with E-state index < -0.39 is 18.4 Å². The van der Waals surface area contributed by atoms with Gasteiger partial charge in [0.2, 0.25) is 0 Å². The van der Waals surface area contributed by atoms with Gasteiger partial charge in [0.05, 0.1) is 6.61 Å². The molecule has 0 aromatic heterocycles. The van der Waals surface area contributed by atoms with Gasteiger partial charge in [0, 0.05) is 18.4 Å². The maximum absolute atomic E-state index is 11.7. The Labute approximate surface area is 139 Å². The summed E-state index contributed by atoms with van der Waals surface area (Å²) in [6.45, 7) is 2.16. The highest BCUT2D eigenvalue weighted by Crippen LogP contribution is 2.18. The van der Waals surface area contributed by atoms with Crippen LogP contribution < -0.4 is 5.32 Å². The van der Waals surface area contributed by atoms with Crippen molar-refractivity contribution in [1.82, 2.24) is 5.32 Å². The number of esters is 1. The maximum atomic E-state index is 11.7. The SMILES string of the molecule is CCSC(=O)CCC1N[C@@H](OCC2=CC=CC(=C=O)C2)OC1=O. The molecule has 0 aromatic carbocycles. The molecule has 1 aliphatic heterocycles. The number of hydrogen-bond donors (Lipinski definition) is 1. The first kappa shape index (κ1) is 17.7. The van der Waals surface area contributed by atoms with E-state index in [0.717, 1.165) is 11.3 Å². The fourth-order valence-corrected chi connectivity index (χ4v) is 2.83. The lowest BCUT2D eigenvalue weighted by Crippen LogP contribution is -2.34. The number of allylic oxidation sites excluding steroid dienone is 4. The zero-order chi connectivity index (χ0) is 16.7. The van der Waals surface area contributed by atoms with E-state index in [9.17, 15) is 14.4 Å². The Kier molecular flexibility index (Phi) is 6.80. The van der Waals surface area contributed by atoms with Crippen LogP contribution in [0.15, 0.2) is 29.4 Å². The zero-order valence-corrected chi connectivity index (χ0v) is 13.7. The summed E-state index contributed by atoms with van der Waals surface area (Å²) in [6, 6.07) is -0.521. The van der Waals surface area contributed by atoms with E-state index >= 15 is 0 Å². The summed E-state index contributed by atoms with van der Waals surface area (Å²) in [6.07, 6.45) is 5.69. The average Bonchev–Trinajstić information content (AvgIpc) is 2.91. The lowest BCUT2D eigenvalue weighted by Gasteiger charge is -2.14. The molecule has 6 nitrogen and oxygen atoms in total. The summed E-state index contributed by atoms with van der Waals surface area (Å²) in [5, 5.41) is 2.99. The molecule has 0 radical (unpaired) electrons. The summed E-state index contributed by atoms with van der Waals surface area (Å²) >= 11 is 1.25. The zero-order valence-electron chi connectivity index (χ0n) is 12.9. The Morgan fingerprint density at radius 3 is 3.13 bits per heavy atom. The molecule has 0 saturated carbocycles. The van der Waals surface area contributed by atoms with Gasteiger partial charge < -0.3 is 9.47 Å². The third-order valence-corrected chi connectivity index (χ3v) is 4.20. The summed E-state index contributed by atoms with van der Waals surface area (Å²) in [4.78, 5) is 33.9. The second kappa shape index (κ2) is 8.84. The smallest absolute Gasteiger partial charge is 0.326 e. The molecule has 2 aliphatic rings. The van der Waals surface area contributed by atoms with Crippen molar-refractivity contribution < 1.29 is 23.9 Å². The number of hydrogen-bond acceptors (Lipinski definition) is 7. The van der Waals surface area contributed by atoms with E-state index in [2.05, 4.69) is 5.32 Å². The van der Waals surface area contributed by atoms with Crippen LogP contribution in [-0.4, -0.2) is 41.8 Å². The van der Waals surface area contributed by atoms with Crippen molar-refractivity contribution in [2.75, 3.05) is 12.4 Å². The topological polar surface area (TPSA) is 81.7 Å². The number of thioether (sulfide) groups is 1. The largest absolute Gasteiger partial charge is 0.420 e. The predicted octanol–water partition coefficient (Wildman–Crippen LogP) is 1.51. The first-order valence-electron chi connectivity index (χ1n) is 7.46. The molecule has 124 valence electrons. The van der Waals surface area contributed by atoms with E-state index in [-0.39, 0.29) is 11.7 Å². The standard InChI is InChI=1S/C16H19NO5S/c1-2-23-14(19)7-6-13-15(20)22-16(17-13)21-10-12-5-3-4-11(8-12)9-18/h3-5,13,16-17H,2,6-8,10H2,1H3/t13?,16-/m0/s1. The summed E-state index contributed by atoms with van der Waals surface area (Å²) in [5.41, 5.74) is 1.47. The van der Waals surface area contributed by atoms with Gasteiger partial charge in [-0.25, -0.2) is 10.1 Å². The highest BCUT2D eigenvalue weighted by Gasteiger charge is 2.34. The highest BCUT2D eigenvalue weighted by atomic mass is 32.2. The first-order chi connectivity index (χ1) is 11.1. The van der Waals surface area contributed by atoms with Crippen molar-refractivity contribution >= 4 is 28.8 Å². The molecule has 0 aromatic rings. The molecule has 1 saturated heterocycles. The predicted molar refractivity (Wildman–Crippen MR) is 86.2 cm³/mol. The van der Waals surface area contributed by atoms with Gasteiger partial charge in [-0.15, -0.1) is 0 Å². The number of nitrogens with one attached hydrogen (secondary N) is 1. The number of ether oxygens (including phenoxy) is 2. The molecule has 2 rings (SSSR count). The Hall–Kier alpha value is -1.66. The second-order valence-corrected chi connectivity index (χ2v) is 6.45. The van der Waals surface area contributed by atoms with E-state index in [1.165, 1.54) is 11.8 Å². The number of rotatable bonds is 7. The van der Waals surface area contributed by atoms with Crippen LogP contribution in [0.4, 0.5) is 0 Å². The van der Waals surface area contributed by atoms with Gasteiger partial charge in [-0.2, -0.15) is 0 Å². The molecule has 1 fully saturated rings. The average molecular weight is 337 g/mol. The summed E-state index contributed by atoms with van der Waals surface area (Å²) in [5.74, 6) is 2.19. The van der Waals surface area contributed by atoms with Gasteiger partial charge in [0.1, 0.15) is 12.0 Å². The van der Waals surface area contributed by atoms with Gasteiger partial charge in [-0.1, -0.05) is 30.8 Å².